The number of thiol groups is 1. The van der Waals surface area contributed by atoms with Gasteiger partial charge in [0.25, 0.3) is 0 Å². The van der Waals surface area contributed by atoms with E-state index >= 15 is 0 Å². The van der Waals surface area contributed by atoms with Gasteiger partial charge in [-0.25, -0.2) is 0 Å². The largest absolute Gasteiger partial charge is 0.392 e. The quantitative estimate of drug-likeness (QED) is 0.459. The average molecular weight is 217 g/mol. The fourth-order valence-corrected chi connectivity index (χ4v) is 1.68. The summed E-state index contributed by atoms with van der Waals surface area (Å²) in [7, 11) is 0. The van der Waals surface area contributed by atoms with Crippen LogP contribution in [-0.4, -0.2) is 23.2 Å². The van der Waals surface area contributed by atoms with Crippen LogP contribution in [0.3, 0.4) is 0 Å². The van der Waals surface area contributed by atoms with Crippen LogP contribution in [0.25, 0.3) is 0 Å². The average Bonchev–Trinajstić information content (AvgIpc) is 2.22. The topological polar surface area (TPSA) is 37.3 Å². The van der Waals surface area contributed by atoms with E-state index < -0.39 is 6.10 Å². The summed E-state index contributed by atoms with van der Waals surface area (Å²) < 4.78 is 0. The van der Waals surface area contributed by atoms with Gasteiger partial charge in [-0.2, -0.15) is 12.6 Å². The normalized spacial score (nSPS) is 15.1. The van der Waals surface area contributed by atoms with Crippen molar-refractivity contribution in [2.75, 3.05) is 5.75 Å². The zero-order chi connectivity index (χ0) is 10.8. The van der Waals surface area contributed by atoms with Crippen LogP contribution in [0.5, 0.6) is 0 Å². The molecule has 2 unspecified atom stereocenters. The molecule has 2 nitrogen and oxygen atoms in total. The molecule has 0 aromatic heterocycles. The molecule has 1 radical (unpaired) electrons. The fourth-order valence-electron chi connectivity index (χ4n) is 1.42. The number of rotatable bonds is 9. The number of carbonyl (C=O) groups excluding carboxylic acids is 1. The van der Waals surface area contributed by atoms with Crippen LogP contribution in [0.1, 0.15) is 45.4 Å². The molecule has 0 amide bonds. The van der Waals surface area contributed by atoms with Crippen molar-refractivity contribution in [1.82, 2.24) is 0 Å². The number of hydrogen-bond donors (Lipinski definition) is 2. The standard InChI is InChI=1S/C11H21O2S/c1-2-3-4-5-6-7-10(8-12)11(13)9-14/h10-11,13-14H,2-7,9H2,1H3. The second-order valence-corrected chi connectivity index (χ2v) is 4.04. The van der Waals surface area contributed by atoms with Crippen molar-refractivity contribution in [2.45, 2.75) is 51.6 Å². The molecule has 14 heavy (non-hydrogen) atoms. The van der Waals surface area contributed by atoms with Crippen LogP contribution in [0, 0.1) is 5.92 Å². The van der Waals surface area contributed by atoms with Crippen LogP contribution in [0.15, 0.2) is 0 Å². The molecular weight excluding hydrogens is 196 g/mol. The van der Waals surface area contributed by atoms with Crippen LogP contribution in [0.4, 0.5) is 0 Å². The minimum Gasteiger partial charge on any atom is -0.392 e. The second kappa shape index (κ2) is 9.53. The minimum absolute atomic E-state index is 0.339. The fraction of sp³-hybridized carbons (Fsp3) is 0.909. The third-order valence-electron chi connectivity index (χ3n) is 2.42. The van der Waals surface area contributed by atoms with Gasteiger partial charge >= 0.3 is 0 Å². The Bertz CT molecular complexity index is 139. The maximum atomic E-state index is 10.5. The third-order valence-corrected chi connectivity index (χ3v) is 2.80. The van der Waals surface area contributed by atoms with Crippen molar-refractivity contribution < 1.29 is 9.90 Å². The lowest BCUT2D eigenvalue weighted by Gasteiger charge is -2.14. The first kappa shape index (κ1) is 14.0. The number of hydrogen-bond acceptors (Lipinski definition) is 3. The first-order valence-corrected chi connectivity index (χ1v) is 6.06. The predicted molar refractivity (Wildman–Crippen MR) is 62.4 cm³/mol. The van der Waals surface area contributed by atoms with E-state index in [9.17, 15) is 9.90 Å². The Morgan fingerprint density at radius 1 is 1.29 bits per heavy atom. The van der Waals surface area contributed by atoms with Gasteiger partial charge in [0.1, 0.15) is 0 Å². The van der Waals surface area contributed by atoms with Crippen molar-refractivity contribution in [3.8, 4) is 0 Å². The van der Waals surface area contributed by atoms with E-state index in [1.165, 1.54) is 19.3 Å². The van der Waals surface area contributed by atoms with Crippen LogP contribution in [0.2, 0.25) is 0 Å². The maximum absolute atomic E-state index is 10.5. The highest BCUT2D eigenvalue weighted by molar-refractivity contribution is 7.80. The molecular formula is C11H21O2S. The van der Waals surface area contributed by atoms with E-state index in [2.05, 4.69) is 19.6 Å². The summed E-state index contributed by atoms with van der Waals surface area (Å²) in [5.41, 5.74) is 0. The summed E-state index contributed by atoms with van der Waals surface area (Å²) in [5.74, 6) is 0.00336. The lowest BCUT2D eigenvalue weighted by atomic mass is 9.97. The van der Waals surface area contributed by atoms with E-state index in [-0.39, 0.29) is 5.92 Å². The van der Waals surface area contributed by atoms with E-state index in [4.69, 9.17) is 0 Å². The summed E-state index contributed by atoms with van der Waals surface area (Å²) >= 11 is 3.96. The molecule has 0 aromatic carbocycles. The van der Waals surface area contributed by atoms with Gasteiger partial charge in [-0.3, -0.25) is 4.79 Å². The van der Waals surface area contributed by atoms with Gasteiger partial charge in [0.2, 0.25) is 6.29 Å². The van der Waals surface area contributed by atoms with Gasteiger partial charge in [-0.1, -0.05) is 39.0 Å². The Labute approximate surface area is 92.5 Å². The number of aliphatic hydroxyl groups is 1. The summed E-state index contributed by atoms with van der Waals surface area (Å²) in [6.07, 6.45) is 7.87. The van der Waals surface area contributed by atoms with Crippen LogP contribution < -0.4 is 0 Å². The third kappa shape index (κ3) is 6.44. The van der Waals surface area contributed by atoms with Crippen molar-refractivity contribution >= 4 is 18.9 Å². The summed E-state index contributed by atoms with van der Waals surface area (Å²) in [6.45, 7) is 2.17. The lowest BCUT2D eigenvalue weighted by Crippen LogP contribution is -2.23. The van der Waals surface area contributed by atoms with Gasteiger partial charge in [-0.15, -0.1) is 0 Å². The molecule has 0 aliphatic carbocycles. The first-order valence-electron chi connectivity index (χ1n) is 5.42. The van der Waals surface area contributed by atoms with Gasteiger partial charge < -0.3 is 5.11 Å². The monoisotopic (exact) mass is 217 g/mol. The number of aliphatic hydroxyl groups excluding tert-OH is 1. The van der Waals surface area contributed by atoms with Crippen molar-refractivity contribution in [2.24, 2.45) is 5.92 Å². The Morgan fingerprint density at radius 3 is 2.43 bits per heavy atom. The SMILES string of the molecule is CCCCCCCC([C]=O)C(O)CS. The molecule has 0 saturated carbocycles. The smallest absolute Gasteiger partial charge is 0.204 e. The molecule has 0 fully saturated rings. The Kier molecular flexibility index (Phi) is 9.52. The highest BCUT2D eigenvalue weighted by Gasteiger charge is 2.17. The summed E-state index contributed by atoms with van der Waals surface area (Å²) in [5, 5.41) is 9.38. The Balaban J connectivity index is 3.47. The van der Waals surface area contributed by atoms with E-state index in [0.29, 0.717) is 5.75 Å². The molecule has 2 atom stereocenters. The molecule has 0 heterocycles. The maximum Gasteiger partial charge on any atom is 0.204 e. The molecule has 3 heteroatoms. The summed E-state index contributed by atoms with van der Waals surface area (Å²) in [6, 6.07) is 0. The molecule has 0 aliphatic rings. The van der Waals surface area contributed by atoms with Gasteiger partial charge in [0.15, 0.2) is 0 Å². The van der Waals surface area contributed by atoms with Gasteiger partial charge in [-0.05, 0) is 6.42 Å². The molecule has 0 bridgehead atoms. The van der Waals surface area contributed by atoms with Crippen molar-refractivity contribution in [1.29, 1.82) is 0 Å². The highest BCUT2D eigenvalue weighted by Crippen LogP contribution is 2.14. The molecule has 83 valence electrons. The van der Waals surface area contributed by atoms with E-state index in [0.717, 1.165) is 19.3 Å². The van der Waals surface area contributed by atoms with Crippen LogP contribution >= 0.6 is 12.6 Å². The summed E-state index contributed by atoms with van der Waals surface area (Å²) in [4.78, 5) is 10.5. The van der Waals surface area contributed by atoms with E-state index in [1.54, 1.807) is 0 Å². The number of unbranched alkanes of at least 4 members (excludes halogenated alkanes) is 4. The van der Waals surface area contributed by atoms with Gasteiger partial charge in [0, 0.05) is 5.75 Å². The second-order valence-electron chi connectivity index (χ2n) is 3.68. The Hall–Kier alpha value is -0.0200. The van der Waals surface area contributed by atoms with Crippen LogP contribution in [-0.2, 0) is 4.79 Å². The minimum atomic E-state index is -0.623. The first-order chi connectivity index (χ1) is 6.76. The zero-order valence-corrected chi connectivity index (χ0v) is 9.80. The van der Waals surface area contributed by atoms with E-state index in [1.807, 2.05) is 6.29 Å². The molecule has 1 N–H and O–H groups in total. The predicted octanol–water partition coefficient (Wildman–Crippen LogP) is 2.36. The molecule has 0 saturated heterocycles. The molecule has 0 spiro atoms. The van der Waals surface area contributed by atoms with Crippen molar-refractivity contribution in [3.63, 3.8) is 0 Å². The molecule has 0 aromatic rings. The molecule has 0 aliphatic heterocycles. The lowest BCUT2D eigenvalue weighted by molar-refractivity contribution is 0.154. The van der Waals surface area contributed by atoms with Crippen molar-refractivity contribution in [3.05, 3.63) is 0 Å². The highest BCUT2D eigenvalue weighted by atomic mass is 32.1. The Morgan fingerprint density at radius 2 is 1.93 bits per heavy atom. The van der Waals surface area contributed by atoms with Gasteiger partial charge in [0.05, 0.1) is 12.0 Å². The zero-order valence-electron chi connectivity index (χ0n) is 8.91. The molecule has 0 rings (SSSR count).